The number of ether oxygens (including phenoxy) is 1. The second-order valence-electron chi connectivity index (χ2n) is 7.39. The first kappa shape index (κ1) is 15.6. The summed E-state index contributed by atoms with van der Waals surface area (Å²) in [4.78, 5) is 6.50. The zero-order valence-corrected chi connectivity index (χ0v) is 14.3. The van der Waals surface area contributed by atoms with Crippen molar-refractivity contribution in [3.8, 4) is 5.75 Å². The van der Waals surface area contributed by atoms with E-state index in [1.54, 1.807) is 0 Å². The van der Waals surface area contributed by atoms with Crippen LogP contribution in [0.2, 0.25) is 0 Å². The number of hydrogen-bond acceptors (Lipinski definition) is 5. The van der Waals surface area contributed by atoms with E-state index in [9.17, 15) is 0 Å². The molecule has 1 aliphatic carbocycles. The smallest absolute Gasteiger partial charge is 0.487 e. The van der Waals surface area contributed by atoms with E-state index >= 15 is 0 Å². The molecule has 0 radical (unpaired) electrons. The minimum absolute atomic E-state index is 0.328. The van der Waals surface area contributed by atoms with Crippen LogP contribution < -0.4 is 15.1 Å². The lowest BCUT2D eigenvalue weighted by molar-refractivity contribution is 0.00578. The summed E-state index contributed by atoms with van der Waals surface area (Å²) >= 11 is 0. The van der Waals surface area contributed by atoms with Crippen molar-refractivity contribution in [2.24, 2.45) is 0 Å². The van der Waals surface area contributed by atoms with Crippen LogP contribution in [0.1, 0.15) is 40.5 Å². The van der Waals surface area contributed by atoms with Crippen LogP contribution in [0.15, 0.2) is 12.3 Å². The molecule has 1 aromatic rings. The molecule has 0 unspecified atom stereocenters. The Balaban J connectivity index is 1.88. The van der Waals surface area contributed by atoms with Crippen molar-refractivity contribution in [3.05, 3.63) is 12.3 Å². The first-order chi connectivity index (χ1) is 10.2. The third-order valence-electron chi connectivity index (χ3n) is 4.62. The van der Waals surface area contributed by atoms with Gasteiger partial charge in [-0.15, -0.1) is 0 Å². The third-order valence-corrected chi connectivity index (χ3v) is 4.62. The Labute approximate surface area is 133 Å². The van der Waals surface area contributed by atoms with E-state index in [4.69, 9.17) is 14.0 Å². The molecule has 0 N–H and O–H groups in total. The molecule has 6 heteroatoms. The molecular weight excluding hydrogens is 279 g/mol. The van der Waals surface area contributed by atoms with Gasteiger partial charge in [-0.05, 0) is 46.6 Å². The van der Waals surface area contributed by atoms with Crippen LogP contribution >= 0.6 is 0 Å². The van der Waals surface area contributed by atoms with Gasteiger partial charge in [-0.2, -0.15) is 0 Å². The second-order valence-corrected chi connectivity index (χ2v) is 7.39. The van der Waals surface area contributed by atoms with E-state index in [-0.39, 0.29) is 11.2 Å². The minimum Gasteiger partial charge on any atom is -0.487 e. The minimum atomic E-state index is -0.407. The first-order valence-corrected chi connectivity index (χ1v) is 7.89. The summed E-state index contributed by atoms with van der Waals surface area (Å²) in [6.45, 7) is 8.21. The molecule has 1 aromatic heterocycles. The van der Waals surface area contributed by atoms with Crippen molar-refractivity contribution in [1.82, 2.24) is 4.98 Å². The number of rotatable bonds is 4. The van der Waals surface area contributed by atoms with Gasteiger partial charge in [0.05, 0.1) is 17.3 Å². The monoisotopic (exact) mass is 304 g/mol. The van der Waals surface area contributed by atoms with Crippen LogP contribution in [-0.4, -0.2) is 43.5 Å². The van der Waals surface area contributed by atoms with E-state index in [2.05, 4.69) is 32.7 Å². The summed E-state index contributed by atoms with van der Waals surface area (Å²) < 4.78 is 18.2. The van der Waals surface area contributed by atoms with E-state index in [0.29, 0.717) is 6.10 Å². The lowest BCUT2D eigenvalue weighted by Crippen LogP contribution is -2.41. The van der Waals surface area contributed by atoms with Gasteiger partial charge in [-0.1, -0.05) is 0 Å². The van der Waals surface area contributed by atoms with Crippen LogP contribution in [-0.2, 0) is 9.31 Å². The molecule has 0 spiro atoms. The zero-order chi connectivity index (χ0) is 16.1. The van der Waals surface area contributed by atoms with Crippen LogP contribution in [0.4, 0.5) is 5.82 Å². The summed E-state index contributed by atoms with van der Waals surface area (Å²) in [6.07, 6.45) is 4.38. The standard InChI is InChI=1S/C16H25BN2O3/c1-15(2)16(3,4)22-17(21-15)11-9-13(20-12-7-8-12)14(18-10-11)19(5)6/h9-10,12H,7-8H2,1-6H3. The number of anilines is 1. The van der Waals surface area contributed by atoms with Crippen LogP contribution in [0.3, 0.4) is 0 Å². The van der Waals surface area contributed by atoms with Crippen LogP contribution in [0.5, 0.6) is 5.75 Å². The first-order valence-electron chi connectivity index (χ1n) is 7.89. The molecule has 0 atom stereocenters. The fraction of sp³-hybridized carbons (Fsp3) is 0.688. The Bertz CT molecular complexity index is 555. The summed E-state index contributed by atoms with van der Waals surface area (Å²) in [5.74, 6) is 1.65. The zero-order valence-electron chi connectivity index (χ0n) is 14.3. The lowest BCUT2D eigenvalue weighted by atomic mass is 9.80. The predicted molar refractivity (Wildman–Crippen MR) is 87.9 cm³/mol. The van der Waals surface area contributed by atoms with E-state index < -0.39 is 7.12 Å². The fourth-order valence-corrected chi connectivity index (χ4v) is 2.35. The van der Waals surface area contributed by atoms with E-state index in [0.717, 1.165) is 29.9 Å². The SMILES string of the molecule is CN(C)c1ncc(B2OC(C)(C)C(C)(C)O2)cc1OC1CC1. The quantitative estimate of drug-likeness (QED) is 0.796. The summed E-state index contributed by atoms with van der Waals surface area (Å²) in [6, 6.07) is 2.00. The molecule has 0 aromatic carbocycles. The van der Waals surface area contributed by atoms with Gasteiger partial charge in [0.2, 0.25) is 0 Å². The Morgan fingerprint density at radius 3 is 2.27 bits per heavy atom. The lowest BCUT2D eigenvalue weighted by Gasteiger charge is -2.32. The van der Waals surface area contributed by atoms with Gasteiger partial charge in [-0.25, -0.2) is 4.98 Å². The summed E-state index contributed by atoms with van der Waals surface area (Å²) in [5.41, 5.74) is 0.199. The van der Waals surface area contributed by atoms with Crippen molar-refractivity contribution in [2.45, 2.75) is 57.8 Å². The number of hydrogen-bond donors (Lipinski definition) is 0. The van der Waals surface area contributed by atoms with Gasteiger partial charge in [0.15, 0.2) is 11.6 Å². The Morgan fingerprint density at radius 2 is 1.77 bits per heavy atom. The van der Waals surface area contributed by atoms with Crippen molar-refractivity contribution >= 4 is 18.4 Å². The van der Waals surface area contributed by atoms with Gasteiger partial charge in [0.25, 0.3) is 0 Å². The summed E-state index contributed by atoms with van der Waals surface area (Å²) in [5, 5.41) is 0. The Kier molecular flexibility index (Phi) is 3.65. The molecular formula is C16H25BN2O3. The maximum absolute atomic E-state index is 6.09. The van der Waals surface area contributed by atoms with Crippen molar-refractivity contribution in [1.29, 1.82) is 0 Å². The maximum atomic E-state index is 6.09. The highest BCUT2D eigenvalue weighted by Gasteiger charge is 2.52. The van der Waals surface area contributed by atoms with Gasteiger partial charge in [0.1, 0.15) is 0 Å². The highest BCUT2D eigenvalue weighted by Crippen LogP contribution is 2.37. The highest BCUT2D eigenvalue weighted by molar-refractivity contribution is 6.62. The average molecular weight is 304 g/mol. The Hall–Kier alpha value is -1.27. The normalized spacial score (nSPS) is 22.7. The third kappa shape index (κ3) is 2.82. The Morgan fingerprint density at radius 1 is 1.18 bits per heavy atom. The molecule has 1 saturated carbocycles. The number of nitrogens with zero attached hydrogens (tertiary/aromatic N) is 2. The van der Waals surface area contributed by atoms with Crippen molar-refractivity contribution in [2.75, 3.05) is 19.0 Å². The molecule has 0 bridgehead atoms. The molecule has 0 amide bonds. The maximum Gasteiger partial charge on any atom is 0.496 e. The van der Waals surface area contributed by atoms with Gasteiger partial charge < -0.3 is 18.9 Å². The summed E-state index contributed by atoms with van der Waals surface area (Å²) in [7, 11) is 3.53. The molecule has 2 aliphatic rings. The second kappa shape index (κ2) is 5.13. The van der Waals surface area contributed by atoms with Gasteiger partial charge >= 0.3 is 7.12 Å². The fourth-order valence-electron chi connectivity index (χ4n) is 2.35. The van der Waals surface area contributed by atoms with E-state index in [1.165, 1.54) is 0 Å². The largest absolute Gasteiger partial charge is 0.496 e. The van der Waals surface area contributed by atoms with Crippen LogP contribution in [0.25, 0.3) is 0 Å². The molecule has 22 heavy (non-hydrogen) atoms. The van der Waals surface area contributed by atoms with Crippen molar-refractivity contribution < 1.29 is 14.0 Å². The molecule has 120 valence electrons. The van der Waals surface area contributed by atoms with Crippen molar-refractivity contribution in [3.63, 3.8) is 0 Å². The van der Waals surface area contributed by atoms with E-state index in [1.807, 2.05) is 31.3 Å². The van der Waals surface area contributed by atoms with Crippen LogP contribution in [0, 0.1) is 0 Å². The molecule has 2 heterocycles. The average Bonchev–Trinajstić information content (AvgIpc) is 3.17. The number of pyridine rings is 1. The molecule has 2 fully saturated rings. The molecule has 1 aliphatic heterocycles. The molecule has 1 saturated heterocycles. The topological polar surface area (TPSA) is 43.8 Å². The molecule has 5 nitrogen and oxygen atoms in total. The predicted octanol–water partition coefficient (Wildman–Crippen LogP) is 1.99. The van der Waals surface area contributed by atoms with Gasteiger partial charge in [0, 0.05) is 25.8 Å². The van der Waals surface area contributed by atoms with Gasteiger partial charge in [-0.3, -0.25) is 0 Å². The molecule has 3 rings (SSSR count). The highest BCUT2D eigenvalue weighted by atomic mass is 16.7. The number of aromatic nitrogens is 1.